The van der Waals surface area contributed by atoms with Gasteiger partial charge in [-0.25, -0.2) is 4.79 Å². The van der Waals surface area contributed by atoms with Crippen LogP contribution in [-0.2, 0) is 19.0 Å². The van der Waals surface area contributed by atoms with Crippen molar-refractivity contribution in [2.45, 2.75) is 81.8 Å². The van der Waals surface area contributed by atoms with Gasteiger partial charge in [-0.05, 0) is 46.0 Å². The van der Waals surface area contributed by atoms with E-state index in [1.165, 1.54) is 0 Å². The minimum Gasteiger partial charge on any atom is -0.458 e. The van der Waals surface area contributed by atoms with Gasteiger partial charge in [-0.3, -0.25) is 0 Å². The van der Waals surface area contributed by atoms with Crippen LogP contribution in [0.15, 0.2) is 0 Å². The van der Waals surface area contributed by atoms with Crippen LogP contribution in [0.25, 0.3) is 0 Å². The third kappa shape index (κ3) is 1.57. The third-order valence-corrected chi connectivity index (χ3v) is 5.85. The van der Waals surface area contributed by atoms with Crippen LogP contribution in [0.5, 0.6) is 0 Å². The van der Waals surface area contributed by atoms with Crippen LogP contribution in [-0.4, -0.2) is 45.1 Å². The van der Waals surface area contributed by atoms with E-state index < -0.39 is 40.8 Å². The van der Waals surface area contributed by atoms with Crippen molar-refractivity contribution >= 4 is 5.97 Å². The molecule has 3 aliphatic heterocycles. The summed E-state index contributed by atoms with van der Waals surface area (Å²) in [6.07, 6.45) is 2.50. The lowest BCUT2D eigenvalue weighted by Gasteiger charge is -2.46. The van der Waals surface area contributed by atoms with Crippen molar-refractivity contribution in [1.82, 2.24) is 0 Å². The molecule has 3 heterocycles. The quantitative estimate of drug-likeness (QED) is 0.705. The fraction of sp³-hybridized carbons (Fsp3) is 0.938. The lowest BCUT2D eigenvalue weighted by molar-refractivity contribution is -0.333. The molecule has 6 atom stereocenters. The summed E-state index contributed by atoms with van der Waals surface area (Å²) in [5, 5.41) is 21.3. The summed E-state index contributed by atoms with van der Waals surface area (Å²) in [7, 11) is 0. The summed E-state index contributed by atoms with van der Waals surface area (Å²) in [4.78, 5) is 12.9. The van der Waals surface area contributed by atoms with Gasteiger partial charge in [-0.15, -0.1) is 0 Å². The number of ether oxygens (including phenoxy) is 3. The number of esters is 1. The minimum absolute atomic E-state index is 0.0338. The van der Waals surface area contributed by atoms with E-state index in [4.69, 9.17) is 14.2 Å². The zero-order valence-corrected chi connectivity index (χ0v) is 13.3. The molecule has 6 unspecified atom stereocenters. The van der Waals surface area contributed by atoms with Gasteiger partial charge >= 0.3 is 5.97 Å². The molecule has 6 nitrogen and oxygen atoms in total. The predicted molar refractivity (Wildman–Crippen MR) is 74.5 cm³/mol. The maximum Gasteiger partial charge on any atom is 0.345 e. The summed E-state index contributed by atoms with van der Waals surface area (Å²) in [6, 6.07) is 0. The zero-order valence-electron chi connectivity index (χ0n) is 13.3. The van der Waals surface area contributed by atoms with Gasteiger partial charge in [0.2, 0.25) is 11.4 Å². The molecule has 3 saturated heterocycles. The molecule has 0 aromatic rings. The van der Waals surface area contributed by atoms with Crippen LogP contribution in [0.3, 0.4) is 0 Å². The first kappa shape index (κ1) is 14.9. The Morgan fingerprint density at radius 2 is 2.00 bits per heavy atom. The molecule has 0 aromatic heterocycles. The molecule has 1 aliphatic carbocycles. The van der Waals surface area contributed by atoms with Gasteiger partial charge in [-0.1, -0.05) is 6.42 Å². The van der Waals surface area contributed by atoms with Gasteiger partial charge in [0.15, 0.2) is 6.29 Å². The number of carbonyl (C=O) groups excluding carboxylic acids is 1. The number of hydrogen-bond donors (Lipinski definition) is 2. The molecule has 4 fully saturated rings. The molecule has 6 heteroatoms. The van der Waals surface area contributed by atoms with Crippen LogP contribution in [0.2, 0.25) is 0 Å². The molecule has 0 amide bonds. The lowest BCUT2D eigenvalue weighted by Crippen LogP contribution is -2.64. The number of rotatable bonds is 1. The molecule has 4 rings (SSSR count). The second-order valence-corrected chi connectivity index (χ2v) is 8.22. The van der Waals surface area contributed by atoms with Crippen molar-refractivity contribution in [2.24, 2.45) is 11.8 Å². The van der Waals surface area contributed by atoms with E-state index in [1.807, 2.05) is 0 Å². The average molecular weight is 312 g/mol. The van der Waals surface area contributed by atoms with Crippen LogP contribution < -0.4 is 0 Å². The van der Waals surface area contributed by atoms with Crippen molar-refractivity contribution in [3.05, 3.63) is 0 Å². The Morgan fingerprint density at radius 1 is 1.27 bits per heavy atom. The fourth-order valence-electron chi connectivity index (χ4n) is 5.15. The van der Waals surface area contributed by atoms with Gasteiger partial charge in [0, 0.05) is 6.42 Å². The number of hydrogen-bond acceptors (Lipinski definition) is 6. The summed E-state index contributed by atoms with van der Waals surface area (Å²) >= 11 is 0. The molecule has 22 heavy (non-hydrogen) atoms. The Labute approximate surface area is 129 Å². The topological polar surface area (TPSA) is 85.2 Å². The SMILES string of the molecule is CC(C)(C)OC(=O)C12OC34CCCC3C1C(O)OC2(O)CC4. The molecular weight excluding hydrogens is 288 g/mol. The Bertz CT molecular complexity index is 527. The standard InChI is InChI=1S/C16H24O6/c1-13(2,3)21-12(18)16-10-9-5-4-6-14(9,22-16)7-8-15(16,19)20-11(10)17/h9-11,17,19H,4-8H2,1-3H3. The van der Waals surface area contributed by atoms with Gasteiger partial charge in [-0.2, -0.15) is 0 Å². The van der Waals surface area contributed by atoms with Crippen LogP contribution in [0.1, 0.15) is 52.9 Å². The Hall–Kier alpha value is -0.690. The Kier molecular flexibility index (Phi) is 2.73. The van der Waals surface area contributed by atoms with Gasteiger partial charge in [0.25, 0.3) is 0 Å². The minimum atomic E-state index is -1.80. The maximum atomic E-state index is 12.9. The first-order valence-electron chi connectivity index (χ1n) is 8.16. The van der Waals surface area contributed by atoms with Crippen LogP contribution in [0, 0.1) is 11.8 Å². The van der Waals surface area contributed by atoms with Gasteiger partial charge in [0.05, 0.1) is 11.5 Å². The van der Waals surface area contributed by atoms with Crippen molar-refractivity contribution < 1.29 is 29.2 Å². The molecule has 2 bridgehead atoms. The molecule has 0 radical (unpaired) electrons. The van der Waals surface area contributed by atoms with Crippen molar-refractivity contribution in [3.8, 4) is 0 Å². The molecule has 2 N–H and O–H groups in total. The number of fused-ring (bicyclic) bond motifs is 1. The van der Waals surface area contributed by atoms with E-state index in [1.54, 1.807) is 20.8 Å². The normalized spacial score (nSPS) is 52.7. The van der Waals surface area contributed by atoms with E-state index in [0.717, 1.165) is 19.3 Å². The molecule has 4 aliphatic rings. The summed E-state index contributed by atoms with van der Waals surface area (Å²) in [5.74, 6) is -2.93. The number of carbonyl (C=O) groups is 1. The van der Waals surface area contributed by atoms with Crippen LogP contribution in [0.4, 0.5) is 0 Å². The molecule has 0 aromatic carbocycles. The predicted octanol–water partition coefficient (Wildman–Crippen LogP) is 1.08. The van der Waals surface area contributed by atoms with Crippen molar-refractivity contribution in [2.75, 3.05) is 0 Å². The lowest BCUT2D eigenvalue weighted by atomic mass is 9.77. The smallest absolute Gasteiger partial charge is 0.345 e. The first-order chi connectivity index (χ1) is 10.1. The van der Waals surface area contributed by atoms with E-state index >= 15 is 0 Å². The molecular formula is C16H24O6. The summed E-state index contributed by atoms with van der Waals surface area (Å²) < 4.78 is 17.2. The maximum absolute atomic E-state index is 12.9. The van der Waals surface area contributed by atoms with Crippen molar-refractivity contribution in [3.63, 3.8) is 0 Å². The van der Waals surface area contributed by atoms with Gasteiger partial charge < -0.3 is 24.4 Å². The highest BCUT2D eigenvalue weighted by molar-refractivity contribution is 5.83. The van der Waals surface area contributed by atoms with Crippen molar-refractivity contribution in [1.29, 1.82) is 0 Å². The molecule has 1 saturated carbocycles. The summed E-state index contributed by atoms with van der Waals surface area (Å²) in [5.41, 5.74) is -2.71. The first-order valence-corrected chi connectivity index (χ1v) is 8.16. The monoisotopic (exact) mass is 312 g/mol. The summed E-state index contributed by atoms with van der Waals surface area (Å²) in [6.45, 7) is 5.33. The zero-order chi connectivity index (χ0) is 16.0. The highest BCUT2D eigenvalue weighted by Gasteiger charge is 2.83. The van der Waals surface area contributed by atoms with E-state index in [9.17, 15) is 15.0 Å². The fourth-order valence-corrected chi connectivity index (χ4v) is 5.15. The highest BCUT2D eigenvalue weighted by atomic mass is 16.7. The molecule has 124 valence electrons. The largest absolute Gasteiger partial charge is 0.458 e. The second-order valence-electron chi connectivity index (χ2n) is 8.22. The third-order valence-electron chi connectivity index (χ3n) is 5.85. The Balaban J connectivity index is 1.81. The van der Waals surface area contributed by atoms with E-state index in [0.29, 0.717) is 6.42 Å². The average Bonchev–Trinajstić information content (AvgIpc) is 2.91. The highest BCUT2D eigenvalue weighted by Crippen LogP contribution is 2.68. The molecule has 1 spiro atoms. The van der Waals surface area contributed by atoms with Crippen LogP contribution >= 0.6 is 0 Å². The van der Waals surface area contributed by atoms with E-state index in [-0.39, 0.29) is 12.3 Å². The second kappa shape index (κ2) is 4.04. The number of aliphatic hydroxyl groups is 2. The van der Waals surface area contributed by atoms with E-state index in [2.05, 4.69) is 0 Å². The number of aliphatic hydroxyl groups excluding tert-OH is 1. The van der Waals surface area contributed by atoms with Gasteiger partial charge in [0.1, 0.15) is 5.60 Å². The Morgan fingerprint density at radius 3 is 2.68 bits per heavy atom.